The SMILES string of the molecule is CCC1CC(NCC(C)(O)CC)CCO1. The quantitative estimate of drug-likeness (QED) is 0.733. The molecule has 1 saturated heterocycles. The molecule has 0 bridgehead atoms. The van der Waals surface area contributed by atoms with E-state index in [1.807, 2.05) is 13.8 Å². The van der Waals surface area contributed by atoms with Crippen LogP contribution in [-0.4, -0.2) is 36.0 Å². The highest BCUT2D eigenvalue weighted by molar-refractivity contribution is 4.80. The number of ether oxygens (including phenoxy) is 1. The minimum absolute atomic E-state index is 0.405. The lowest BCUT2D eigenvalue weighted by Crippen LogP contribution is -2.45. The Morgan fingerprint density at radius 1 is 1.47 bits per heavy atom. The molecule has 1 fully saturated rings. The zero-order valence-electron chi connectivity index (χ0n) is 10.3. The van der Waals surface area contributed by atoms with Gasteiger partial charge in [0.25, 0.3) is 0 Å². The minimum atomic E-state index is -0.569. The Labute approximate surface area is 93.2 Å². The highest BCUT2D eigenvalue weighted by Gasteiger charge is 2.24. The van der Waals surface area contributed by atoms with E-state index in [4.69, 9.17) is 4.74 Å². The zero-order valence-corrected chi connectivity index (χ0v) is 10.3. The average Bonchev–Trinajstić information content (AvgIpc) is 2.27. The second kappa shape index (κ2) is 5.83. The van der Waals surface area contributed by atoms with Crippen molar-refractivity contribution in [3.63, 3.8) is 0 Å². The molecule has 1 aliphatic heterocycles. The predicted molar refractivity (Wildman–Crippen MR) is 62.0 cm³/mol. The van der Waals surface area contributed by atoms with Gasteiger partial charge in [-0.15, -0.1) is 0 Å². The van der Waals surface area contributed by atoms with Crippen molar-refractivity contribution in [2.75, 3.05) is 13.2 Å². The molecule has 3 unspecified atom stereocenters. The molecule has 90 valence electrons. The van der Waals surface area contributed by atoms with Crippen molar-refractivity contribution < 1.29 is 9.84 Å². The van der Waals surface area contributed by atoms with Crippen molar-refractivity contribution in [3.8, 4) is 0 Å². The van der Waals surface area contributed by atoms with Crippen LogP contribution in [0.15, 0.2) is 0 Å². The molecule has 3 nitrogen and oxygen atoms in total. The fourth-order valence-corrected chi connectivity index (χ4v) is 1.84. The summed E-state index contributed by atoms with van der Waals surface area (Å²) < 4.78 is 5.61. The van der Waals surface area contributed by atoms with E-state index < -0.39 is 5.60 Å². The summed E-state index contributed by atoms with van der Waals surface area (Å²) in [7, 11) is 0. The third-order valence-corrected chi connectivity index (χ3v) is 3.36. The molecule has 3 heteroatoms. The Kier molecular flexibility index (Phi) is 5.03. The second-order valence-corrected chi connectivity index (χ2v) is 4.85. The van der Waals surface area contributed by atoms with Crippen molar-refractivity contribution in [3.05, 3.63) is 0 Å². The van der Waals surface area contributed by atoms with Gasteiger partial charge < -0.3 is 15.2 Å². The van der Waals surface area contributed by atoms with Crippen molar-refractivity contribution in [1.29, 1.82) is 0 Å². The molecular formula is C12H25NO2. The number of hydrogen-bond donors (Lipinski definition) is 2. The molecule has 0 radical (unpaired) electrons. The fraction of sp³-hybridized carbons (Fsp3) is 1.00. The van der Waals surface area contributed by atoms with Gasteiger partial charge in [0.15, 0.2) is 0 Å². The smallest absolute Gasteiger partial charge is 0.0741 e. The summed E-state index contributed by atoms with van der Waals surface area (Å²) in [6, 6.07) is 0.515. The van der Waals surface area contributed by atoms with E-state index in [0.717, 1.165) is 32.3 Å². The van der Waals surface area contributed by atoms with E-state index >= 15 is 0 Å². The maximum Gasteiger partial charge on any atom is 0.0741 e. The summed E-state index contributed by atoms with van der Waals surface area (Å²) in [4.78, 5) is 0. The van der Waals surface area contributed by atoms with Crippen molar-refractivity contribution in [2.24, 2.45) is 0 Å². The largest absolute Gasteiger partial charge is 0.389 e. The van der Waals surface area contributed by atoms with Gasteiger partial charge in [0.05, 0.1) is 11.7 Å². The number of aliphatic hydroxyl groups is 1. The molecule has 0 aromatic heterocycles. The number of hydrogen-bond acceptors (Lipinski definition) is 3. The van der Waals surface area contributed by atoms with Crippen LogP contribution in [0.4, 0.5) is 0 Å². The minimum Gasteiger partial charge on any atom is -0.389 e. The highest BCUT2D eigenvalue weighted by Crippen LogP contribution is 2.17. The highest BCUT2D eigenvalue weighted by atomic mass is 16.5. The van der Waals surface area contributed by atoms with Crippen LogP contribution in [0.1, 0.15) is 46.5 Å². The maximum atomic E-state index is 9.88. The lowest BCUT2D eigenvalue weighted by molar-refractivity contribution is -0.00792. The van der Waals surface area contributed by atoms with E-state index in [1.165, 1.54) is 0 Å². The van der Waals surface area contributed by atoms with Crippen LogP contribution >= 0.6 is 0 Å². The summed E-state index contributed by atoms with van der Waals surface area (Å²) in [5.41, 5.74) is -0.569. The average molecular weight is 215 g/mol. The molecule has 3 atom stereocenters. The van der Waals surface area contributed by atoms with E-state index in [1.54, 1.807) is 0 Å². The molecule has 0 aliphatic carbocycles. The first-order valence-corrected chi connectivity index (χ1v) is 6.14. The Hall–Kier alpha value is -0.120. The van der Waals surface area contributed by atoms with Crippen LogP contribution in [0, 0.1) is 0 Å². The third-order valence-electron chi connectivity index (χ3n) is 3.36. The standard InChI is InChI=1S/C12H25NO2/c1-4-11-8-10(6-7-15-11)13-9-12(3,14)5-2/h10-11,13-14H,4-9H2,1-3H3. The van der Waals surface area contributed by atoms with Gasteiger partial charge in [-0.3, -0.25) is 0 Å². The topological polar surface area (TPSA) is 41.5 Å². The molecule has 0 aromatic carbocycles. The molecule has 1 rings (SSSR count). The van der Waals surface area contributed by atoms with Gasteiger partial charge in [-0.1, -0.05) is 13.8 Å². The van der Waals surface area contributed by atoms with Crippen molar-refractivity contribution >= 4 is 0 Å². The summed E-state index contributed by atoms with van der Waals surface area (Å²) >= 11 is 0. The van der Waals surface area contributed by atoms with Gasteiger partial charge >= 0.3 is 0 Å². The summed E-state index contributed by atoms with van der Waals surface area (Å²) in [6.45, 7) is 7.60. The molecule has 1 aliphatic rings. The third kappa shape index (κ3) is 4.49. The van der Waals surface area contributed by atoms with Gasteiger partial charge in [-0.2, -0.15) is 0 Å². The van der Waals surface area contributed by atoms with Gasteiger partial charge in [0.1, 0.15) is 0 Å². The summed E-state index contributed by atoms with van der Waals surface area (Å²) in [5, 5.41) is 13.3. The lowest BCUT2D eigenvalue weighted by atomic mass is 9.99. The molecule has 0 spiro atoms. The normalized spacial score (nSPS) is 31.2. The fourth-order valence-electron chi connectivity index (χ4n) is 1.84. The van der Waals surface area contributed by atoms with Gasteiger partial charge in [0, 0.05) is 19.2 Å². The zero-order chi connectivity index (χ0) is 11.3. The first-order valence-electron chi connectivity index (χ1n) is 6.14. The first-order chi connectivity index (χ1) is 7.07. The predicted octanol–water partition coefficient (Wildman–Crippen LogP) is 1.69. The molecular weight excluding hydrogens is 190 g/mol. The Balaban J connectivity index is 2.26. The van der Waals surface area contributed by atoms with E-state index in [0.29, 0.717) is 18.7 Å². The molecule has 0 saturated carbocycles. The Morgan fingerprint density at radius 3 is 2.80 bits per heavy atom. The van der Waals surface area contributed by atoms with Crippen molar-refractivity contribution in [2.45, 2.75) is 64.2 Å². The van der Waals surface area contributed by atoms with Crippen LogP contribution < -0.4 is 5.32 Å². The monoisotopic (exact) mass is 215 g/mol. The van der Waals surface area contributed by atoms with E-state index in [2.05, 4.69) is 12.2 Å². The Bertz CT molecular complexity index is 182. The number of nitrogens with one attached hydrogen (secondary N) is 1. The molecule has 2 N–H and O–H groups in total. The van der Waals surface area contributed by atoms with Gasteiger partial charge in [-0.25, -0.2) is 0 Å². The van der Waals surface area contributed by atoms with E-state index in [-0.39, 0.29) is 0 Å². The Morgan fingerprint density at radius 2 is 2.20 bits per heavy atom. The maximum absolute atomic E-state index is 9.88. The molecule has 0 amide bonds. The van der Waals surface area contributed by atoms with Crippen LogP contribution in [0.3, 0.4) is 0 Å². The first kappa shape index (κ1) is 12.9. The molecule has 1 heterocycles. The summed E-state index contributed by atoms with van der Waals surface area (Å²) in [6.07, 6.45) is 4.43. The van der Waals surface area contributed by atoms with Gasteiger partial charge in [-0.05, 0) is 32.6 Å². The summed E-state index contributed by atoms with van der Waals surface area (Å²) in [5.74, 6) is 0. The van der Waals surface area contributed by atoms with Crippen LogP contribution in [0.5, 0.6) is 0 Å². The second-order valence-electron chi connectivity index (χ2n) is 4.85. The molecule has 0 aromatic rings. The van der Waals surface area contributed by atoms with E-state index in [9.17, 15) is 5.11 Å². The number of rotatable bonds is 5. The van der Waals surface area contributed by atoms with Crippen LogP contribution in [0.25, 0.3) is 0 Å². The van der Waals surface area contributed by atoms with Crippen molar-refractivity contribution in [1.82, 2.24) is 5.32 Å². The van der Waals surface area contributed by atoms with Crippen LogP contribution in [-0.2, 0) is 4.74 Å². The lowest BCUT2D eigenvalue weighted by Gasteiger charge is -2.32. The van der Waals surface area contributed by atoms with Gasteiger partial charge in [0.2, 0.25) is 0 Å². The van der Waals surface area contributed by atoms with Crippen LogP contribution in [0.2, 0.25) is 0 Å². The molecule has 15 heavy (non-hydrogen) atoms.